The Kier molecular flexibility index (Phi) is 15.2. The first kappa shape index (κ1) is 46.9. The van der Waals surface area contributed by atoms with E-state index in [1.807, 2.05) is 0 Å². The molecule has 27 heteroatoms. The highest BCUT2D eigenvalue weighted by molar-refractivity contribution is 6.84. The summed E-state index contributed by atoms with van der Waals surface area (Å²) in [5.41, 5.74) is 0. The predicted octanol–water partition coefficient (Wildman–Crippen LogP) is 16.0. The Balaban J connectivity index is 4.61. The molecule has 0 aromatic carbocycles. The summed E-state index contributed by atoms with van der Waals surface area (Å²) in [4.78, 5) is 0. The maximum absolute atomic E-state index is 6.44. The molecule has 1 aliphatic rings. The van der Waals surface area contributed by atoms with Crippen LogP contribution < -0.4 is 0 Å². The van der Waals surface area contributed by atoms with Crippen LogP contribution in [0.5, 0.6) is 0 Å². The maximum atomic E-state index is 6.44. The Morgan fingerprint density at radius 2 is 0.293 bits per heavy atom. The largest absolute Gasteiger partial charge is 0.189 e. The standard InChI is InChI=1S/C14Cl27/c15-1-2(16,17)4(20,21)6(24,25)8(28,29)10(32,33)12(36,37)14(40,41)13(38,39)11(34,35)9(30,31)7(26,27)5(22,23)3(1,18)19. The number of hydrogen-bond donors (Lipinski definition) is 0. The third-order valence-corrected chi connectivity index (χ3v) is 25.2. The van der Waals surface area contributed by atoms with Crippen molar-refractivity contribution in [2.24, 2.45) is 0 Å². The fourth-order valence-corrected chi connectivity index (χ4v) is 12.6. The monoisotopic (exact) mass is 1110 g/mol. The lowest BCUT2D eigenvalue weighted by Crippen LogP contribution is -2.76. The molecule has 0 spiro atoms. The summed E-state index contributed by atoms with van der Waals surface area (Å²) in [6.07, 6.45) is 0. The smallest absolute Gasteiger partial charge is 0.110 e. The number of alkyl halides is 26. The summed E-state index contributed by atoms with van der Waals surface area (Å²) < 4.78 is -43.4. The van der Waals surface area contributed by atoms with Crippen molar-refractivity contribution in [1.29, 1.82) is 0 Å². The van der Waals surface area contributed by atoms with E-state index in [-0.39, 0.29) is 0 Å². The molecule has 0 nitrogen and oxygen atoms in total. The molecule has 1 fully saturated rings. The summed E-state index contributed by atoms with van der Waals surface area (Å²) in [5.74, 6) is 0. The van der Waals surface area contributed by atoms with Gasteiger partial charge in [0.2, 0.25) is 0 Å². The van der Waals surface area contributed by atoms with Crippen molar-refractivity contribution in [1.82, 2.24) is 0 Å². The molecule has 41 heavy (non-hydrogen) atoms. The Morgan fingerprint density at radius 1 is 0.195 bits per heavy atom. The van der Waals surface area contributed by atoms with Gasteiger partial charge in [-0.25, -0.2) is 0 Å². The minimum Gasteiger partial charge on any atom is -0.110 e. The van der Waals surface area contributed by atoms with Crippen LogP contribution in [-0.2, 0) is 0 Å². The molecule has 0 aromatic heterocycles. The minimum atomic E-state index is -3.40. The van der Waals surface area contributed by atoms with Crippen molar-refractivity contribution in [2.75, 3.05) is 0 Å². The summed E-state index contributed by atoms with van der Waals surface area (Å²) in [6.45, 7) is 0. The molecule has 0 atom stereocenters. The first-order valence-corrected chi connectivity index (χ1v) is 18.8. The first-order valence-electron chi connectivity index (χ1n) is 8.60. The van der Waals surface area contributed by atoms with Gasteiger partial charge in [-0.15, -0.1) is 11.6 Å². The molecule has 0 aliphatic heterocycles. The SMILES string of the molecule is Cl[C]1C(Cl)(Cl)C(Cl)(Cl)C(Cl)(Cl)C(Cl)(Cl)C(Cl)(Cl)C(Cl)(Cl)C(Cl)(Cl)C(Cl)(Cl)C(Cl)(Cl)C(Cl)(Cl)C(Cl)(Cl)C(Cl)(Cl)C1(Cl)Cl. The summed E-state index contributed by atoms with van der Waals surface area (Å²) in [5, 5.41) is -1.28. The van der Waals surface area contributed by atoms with E-state index in [1.54, 1.807) is 0 Å². The molecule has 0 amide bonds. The highest BCUT2D eigenvalue weighted by Gasteiger charge is 2.88. The topological polar surface area (TPSA) is 0 Å². The predicted molar refractivity (Wildman–Crippen MR) is 197 cm³/mol. The third-order valence-electron chi connectivity index (χ3n) is 5.28. The summed E-state index contributed by atoms with van der Waals surface area (Å²) in [7, 11) is 0. The molecule has 1 saturated carbocycles. The zero-order valence-corrected chi connectivity index (χ0v) is 37.6. The van der Waals surface area contributed by atoms with Gasteiger partial charge in [-0.2, -0.15) is 0 Å². The van der Waals surface area contributed by atoms with E-state index < -0.39 is 61.7 Å². The van der Waals surface area contributed by atoms with Crippen LogP contribution in [0.15, 0.2) is 0 Å². The lowest BCUT2D eigenvalue weighted by Gasteiger charge is -2.59. The molecule has 1 rings (SSSR count). The molecule has 0 bridgehead atoms. The average Bonchev–Trinajstić information content (AvgIpc) is 2.75. The van der Waals surface area contributed by atoms with Crippen molar-refractivity contribution < 1.29 is 0 Å². The molecular formula is C14Cl27. The van der Waals surface area contributed by atoms with Crippen molar-refractivity contribution in [3.8, 4) is 0 Å². The van der Waals surface area contributed by atoms with Crippen LogP contribution in [0.3, 0.4) is 0 Å². The van der Waals surface area contributed by atoms with Crippen molar-refractivity contribution in [3.63, 3.8) is 0 Å². The normalized spacial score (nSPS) is 33.7. The average molecular weight is 1130 g/mol. The third kappa shape index (κ3) is 6.15. The Bertz CT molecular complexity index is 935. The second-order valence-electron chi connectivity index (χ2n) is 7.78. The van der Waals surface area contributed by atoms with Gasteiger partial charge < -0.3 is 0 Å². The van der Waals surface area contributed by atoms with Crippen LogP contribution in [0.4, 0.5) is 0 Å². The van der Waals surface area contributed by atoms with Gasteiger partial charge in [0, 0.05) is 0 Å². The zero-order valence-electron chi connectivity index (χ0n) is 17.2. The molecular weight excluding hydrogens is 1130 g/mol. The van der Waals surface area contributed by atoms with E-state index in [4.69, 9.17) is 313 Å². The van der Waals surface area contributed by atoms with E-state index in [2.05, 4.69) is 0 Å². The number of rotatable bonds is 0. The van der Waals surface area contributed by atoms with Crippen molar-refractivity contribution in [2.45, 2.75) is 56.3 Å². The highest BCUT2D eigenvalue weighted by Crippen LogP contribution is 2.79. The molecule has 0 saturated heterocycles. The van der Waals surface area contributed by atoms with Crippen molar-refractivity contribution >= 4 is 313 Å². The summed E-state index contributed by atoms with van der Waals surface area (Å²) in [6, 6.07) is 0. The summed E-state index contributed by atoms with van der Waals surface area (Å²) >= 11 is 174. The first-order chi connectivity index (χ1) is 17.2. The highest BCUT2D eigenvalue weighted by atomic mass is 35.6. The van der Waals surface area contributed by atoms with E-state index in [0.29, 0.717) is 0 Å². The molecule has 0 heterocycles. The van der Waals surface area contributed by atoms with Crippen LogP contribution >= 0.6 is 313 Å². The van der Waals surface area contributed by atoms with Crippen molar-refractivity contribution in [3.05, 3.63) is 5.38 Å². The van der Waals surface area contributed by atoms with E-state index in [0.717, 1.165) is 0 Å². The lowest BCUT2D eigenvalue weighted by atomic mass is 9.94. The molecule has 0 unspecified atom stereocenters. The van der Waals surface area contributed by atoms with Gasteiger partial charge in [0.25, 0.3) is 0 Å². The van der Waals surface area contributed by atoms with E-state index >= 15 is 0 Å². The van der Waals surface area contributed by atoms with Gasteiger partial charge in [0.05, 0.1) is 0 Å². The zero-order chi connectivity index (χ0) is 34.1. The number of halogens is 27. The molecule has 0 aromatic rings. The van der Waals surface area contributed by atoms with Crippen LogP contribution in [-0.4, -0.2) is 56.3 Å². The maximum Gasteiger partial charge on any atom is 0.189 e. The van der Waals surface area contributed by atoms with E-state index in [1.165, 1.54) is 0 Å². The van der Waals surface area contributed by atoms with Gasteiger partial charge in [-0.05, 0) is 0 Å². The quantitative estimate of drug-likeness (QED) is 0.212. The van der Waals surface area contributed by atoms with Gasteiger partial charge in [0.15, 0.2) is 56.3 Å². The van der Waals surface area contributed by atoms with Crippen LogP contribution in [0.25, 0.3) is 0 Å². The fourth-order valence-electron chi connectivity index (χ4n) is 2.64. The van der Waals surface area contributed by atoms with Gasteiger partial charge in [-0.3, -0.25) is 0 Å². The lowest BCUT2D eigenvalue weighted by molar-refractivity contribution is 0.393. The van der Waals surface area contributed by atoms with Gasteiger partial charge in [-0.1, -0.05) is 302 Å². The molecule has 1 radical (unpaired) electrons. The second kappa shape index (κ2) is 13.3. The van der Waals surface area contributed by atoms with Crippen LogP contribution in [0.2, 0.25) is 0 Å². The van der Waals surface area contributed by atoms with Gasteiger partial charge in [0.1, 0.15) is 5.38 Å². The van der Waals surface area contributed by atoms with Crippen LogP contribution in [0, 0.1) is 5.38 Å². The molecule has 245 valence electrons. The second-order valence-corrected chi connectivity index (χ2v) is 25.4. The minimum absolute atomic E-state index is 1.28. The van der Waals surface area contributed by atoms with Gasteiger partial charge >= 0.3 is 0 Å². The van der Waals surface area contributed by atoms with Crippen LogP contribution in [0.1, 0.15) is 0 Å². The fraction of sp³-hybridized carbons (Fsp3) is 0.929. The Hall–Kier alpha value is 7.83. The number of hydrogen-bond acceptors (Lipinski definition) is 0. The Morgan fingerprint density at radius 3 is 0.415 bits per heavy atom. The molecule has 1 aliphatic carbocycles. The van der Waals surface area contributed by atoms with E-state index in [9.17, 15) is 0 Å². The molecule has 0 N–H and O–H groups in total. The Labute approximate surface area is 369 Å².